The number of benzene rings is 4. The summed E-state index contributed by atoms with van der Waals surface area (Å²) in [6.45, 7) is 1.99. The molecule has 0 aromatic heterocycles. The molecule has 0 bridgehead atoms. The topological polar surface area (TPSA) is 49.4 Å². The first-order valence-corrected chi connectivity index (χ1v) is 10.6. The van der Waals surface area contributed by atoms with Crippen molar-refractivity contribution >= 4 is 51.1 Å². The molecule has 2 amide bonds. The second-order valence-corrected chi connectivity index (χ2v) is 8.13. The number of halogens is 1. The van der Waals surface area contributed by atoms with Crippen LogP contribution in [0.4, 0.5) is 11.4 Å². The molecule has 4 aromatic rings. The van der Waals surface area contributed by atoms with E-state index < -0.39 is 5.91 Å². The van der Waals surface area contributed by atoms with E-state index in [1.165, 1.54) is 4.90 Å². The number of rotatable bonds is 4. The Bertz CT molecular complexity index is 1380. The van der Waals surface area contributed by atoms with Gasteiger partial charge in [0.25, 0.3) is 11.8 Å². The fourth-order valence-corrected chi connectivity index (χ4v) is 4.06. The van der Waals surface area contributed by atoms with E-state index in [-0.39, 0.29) is 11.6 Å². The zero-order valence-corrected chi connectivity index (χ0v) is 18.1. The maximum atomic E-state index is 13.7. The van der Waals surface area contributed by atoms with Crippen LogP contribution < -0.4 is 10.2 Å². The third-order valence-electron chi connectivity index (χ3n) is 5.55. The SMILES string of the molecule is Cc1ccc(NC2=C(c3ccc(Cl)cc3)C(=O)N(c3cccc4ccccc34)C2=O)cc1. The lowest BCUT2D eigenvalue weighted by Crippen LogP contribution is -2.32. The van der Waals surface area contributed by atoms with E-state index in [2.05, 4.69) is 5.32 Å². The Morgan fingerprint density at radius 2 is 1.44 bits per heavy atom. The molecule has 4 nitrogen and oxygen atoms in total. The van der Waals surface area contributed by atoms with Crippen LogP contribution in [0.5, 0.6) is 0 Å². The summed E-state index contributed by atoms with van der Waals surface area (Å²) in [7, 11) is 0. The van der Waals surface area contributed by atoms with Crippen molar-refractivity contribution in [2.24, 2.45) is 0 Å². The Morgan fingerprint density at radius 3 is 2.19 bits per heavy atom. The molecular weight excluding hydrogens is 420 g/mol. The monoisotopic (exact) mass is 438 g/mol. The number of hydrogen-bond donors (Lipinski definition) is 1. The summed E-state index contributed by atoms with van der Waals surface area (Å²) >= 11 is 6.06. The minimum absolute atomic E-state index is 0.245. The predicted molar refractivity (Wildman–Crippen MR) is 130 cm³/mol. The summed E-state index contributed by atoms with van der Waals surface area (Å²) in [5.74, 6) is -0.764. The largest absolute Gasteiger partial charge is 0.350 e. The molecule has 1 aliphatic rings. The molecule has 156 valence electrons. The molecule has 0 unspecified atom stereocenters. The van der Waals surface area contributed by atoms with Crippen molar-refractivity contribution in [2.75, 3.05) is 10.2 Å². The Morgan fingerprint density at radius 1 is 0.750 bits per heavy atom. The first kappa shape index (κ1) is 20.0. The number of nitrogens with zero attached hydrogens (tertiary/aromatic N) is 1. The Balaban J connectivity index is 1.66. The van der Waals surface area contributed by atoms with E-state index in [9.17, 15) is 9.59 Å². The molecule has 0 fully saturated rings. The van der Waals surface area contributed by atoms with Crippen molar-refractivity contribution in [3.05, 3.63) is 113 Å². The van der Waals surface area contributed by atoms with Crippen molar-refractivity contribution in [3.8, 4) is 0 Å². The van der Waals surface area contributed by atoms with Gasteiger partial charge in [0.05, 0.1) is 11.3 Å². The van der Waals surface area contributed by atoms with Crippen molar-refractivity contribution in [1.82, 2.24) is 0 Å². The van der Waals surface area contributed by atoms with Gasteiger partial charge in [0.15, 0.2) is 0 Å². The third-order valence-corrected chi connectivity index (χ3v) is 5.80. The summed E-state index contributed by atoms with van der Waals surface area (Å²) in [5, 5.41) is 5.55. The van der Waals surface area contributed by atoms with E-state index in [1.54, 1.807) is 30.3 Å². The second-order valence-electron chi connectivity index (χ2n) is 7.69. The van der Waals surface area contributed by atoms with Crippen LogP contribution in [0.3, 0.4) is 0 Å². The summed E-state index contributed by atoms with van der Waals surface area (Å²) in [4.78, 5) is 28.6. The number of carbonyl (C=O) groups is 2. The number of carbonyl (C=O) groups excluding carboxylic acids is 2. The Hall–Kier alpha value is -3.89. The third kappa shape index (κ3) is 3.45. The molecule has 4 aromatic carbocycles. The van der Waals surface area contributed by atoms with Crippen molar-refractivity contribution in [3.63, 3.8) is 0 Å². The van der Waals surface area contributed by atoms with Crippen LogP contribution in [-0.4, -0.2) is 11.8 Å². The van der Waals surface area contributed by atoms with Crippen LogP contribution in [0, 0.1) is 6.92 Å². The number of nitrogens with one attached hydrogen (secondary N) is 1. The van der Waals surface area contributed by atoms with Gasteiger partial charge in [-0.15, -0.1) is 0 Å². The van der Waals surface area contributed by atoms with Crippen molar-refractivity contribution < 1.29 is 9.59 Å². The molecule has 0 spiro atoms. The summed E-state index contributed by atoms with van der Waals surface area (Å²) in [5.41, 5.74) is 3.59. The number of fused-ring (bicyclic) bond motifs is 1. The summed E-state index contributed by atoms with van der Waals surface area (Å²) < 4.78 is 0. The molecule has 0 saturated carbocycles. The van der Waals surface area contributed by atoms with Crippen LogP contribution in [0.25, 0.3) is 16.3 Å². The highest BCUT2D eigenvalue weighted by atomic mass is 35.5. The smallest absolute Gasteiger partial charge is 0.282 e. The molecule has 1 N–H and O–H groups in total. The highest BCUT2D eigenvalue weighted by Gasteiger charge is 2.40. The number of aryl methyl sites for hydroxylation is 1. The molecule has 1 heterocycles. The van der Waals surface area contributed by atoms with Gasteiger partial charge in [0.2, 0.25) is 0 Å². The van der Waals surface area contributed by atoms with Crippen LogP contribution in [0.15, 0.2) is 96.7 Å². The molecule has 0 saturated heterocycles. The molecule has 0 radical (unpaired) electrons. The van der Waals surface area contributed by atoms with Gasteiger partial charge in [0.1, 0.15) is 5.70 Å². The maximum absolute atomic E-state index is 13.7. The van der Waals surface area contributed by atoms with E-state index in [0.29, 0.717) is 21.8 Å². The van der Waals surface area contributed by atoms with Crippen LogP contribution in [0.1, 0.15) is 11.1 Å². The summed E-state index contributed by atoms with van der Waals surface area (Å²) in [6.07, 6.45) is 0. The van der Waals surface area contributed by atoms with E-state index in [1.807, 2.05) is 67.6 Å². The molecular formula is C27H19ClN2O2. The van der Waals surface area contributed by atoms with E-state index >= 15 is 0 Å². The van der Waals surface area contributed by atoms with Gasteiger partial charge in [-0.1, -0.05) is 77.8 Å². The van der Waals surface area contributed by atoms with Gasteiger partial charge in [-0.05, 0) is 48.2 Å². The molecule has 1 aliphatic heterocycles. The zero-order valence-electron chi connectivity index (χ0n) is 17.3. The fraction of sp³-hybridized carbons (Fsp3) is 0.0370. The number of amides is 2. The van der Waals surface area contributed by atoms with Gasteiger partial charge in [-0.3, -0.25) is 9.59 Å². The molecule has 32 heavy (non-hydrogen) atoms. The standard InChI is InChI=1S/C27H19ClN2O2/c1-17-9-15-21(16-10-17)29-25-24(19-11-13-20(28)14-12-19)26(31)30(27(25)32)23-8-4-6-18-5-2-3-7-22(18)23/h2-16,29H,1H3. The Kier molecular flexibility index (Phi) is 5.00. The molecule has 5 heteroatoms. The Labute approximate surface area is 190 Å². The average molecular weight is 439 g/mol. The minimum atomic E-state index is -0.392. The van der Waals surface area contributed by atoms with Crippen molar-refractivity contribution in [2.45, 2.75) is 6.92 Å². The lowest BCUT2D eigenvalue weighted by atomic mass is 10.0. The van der Waals surface area contributed by atoms with Gasteiger partial charge in [-0.2, -0.15) is 0 Å². The van der Waals surface area contributed by atoms with E-state index in [0.717, 1.165) is 22.0 Å². The number of imide groups is 1. The second kappa shape index (κ2) is 7.98. The zero-order chi connectivity index (χ0) is 22.2. The van der Waals surface area contributed by atoms with Gasteiger partial charge < -0.3 is 5.32 Å². The first-order valence-electron chi connectivity index (χ1n) is 10.2. The van der Waals surface area contributed by atoms with Crippen LogP contribution in [0.2, 0.25) is 5.02 Å². The fourth-order valence-electron chi connectivity index (χ4n) is 3.93. The number of anilines is 2. The van der Waals surface area contributed by atoms with Crippen LogP contribution in [-0.2, 0) is 9.59 Å². The molecule has 0 atom stereocenters. The van der Waals surface area contributed by atoms with Crippen LogP contribution >= 0.6 is 11.6 Å². The highest BCUT2D eigenvalue weighted by molar-refractivity contribution is 6.47. The predicted octanol–water partition coefficient (Wildman–Crippen LogP) is 6.20. The van der Waals surface area contributed by atoms with Crippen molar-refractivity contribution in [1.29, 1.82) is 0 Å². The lowest BCUT2D eigenvalue weighted by molar-refractivity contribution is -0.120. The molecule has 0 aliphatic carbocycles. The maximum Gasteiger partial charge on any atom is 0.282 e. The summed E-state index contributed by atoms with van der Waals surface area (Å²) in [6, 6.07) is 27.9. The minimum Gasteiger partial charge on any atom is -0.350 e. The highest BCUT2D eigenvalue weighted by Crippen LogP contribution is 2.37. The van der Waals surface area contributed by atoms with Gasteiger partial charge in [-0.25, -0.2) is 4.90 Å². The normalized spacial score (nSPS) is 13.9. The quantitative estimate of drug-likeness (QED) is 0.386. The van der Waals surface area contributed by atoms with Gasteiger partial charge >= 0.3 is 0 Å². The number of hydrogen-bond acceptors (Lipinski definition) is 3. The van der Waals surface area contributed by atoms with Gasteiger partial charge in [0, 0.05) is 16.1 Å². The first-order chi connectivity index (χ1) is 15.5. The molecule has 5 rings (SSSR count). The van der Waals surface area contributed by atoms with E-state index in [4.69, 9.17) is 11.6 Å². The average Bonchev–Trinajstić information content (AvgIpc) is 3.05. The lowest BCUT2D eigenvalue weighted by Gasteiger charge is -2.18.